The summed E-state index contributed by atoms with van der Waals surface area (Å²) < 4.78 is 5.86. The molecule has 2 saturated heterocycles. The minimum absolute atomic E-state index is 0.0315. The highest BCUT2D eigenvalue weighted by atomic mass is 35.5. The maximum atomic E-state index is 12.3. The normalized spacial score (nSPS) is 28.2. The van der Waals surface area contributed by atoms with Gasteiger partial charge in [-0.05, 0) is 37.6 Å². The van der Waals surface area contributed by atoms with E-state index in [1.165, 1.54) is 24.6 Å². The lowest BCUT2D eigenvalue weighted by Gasteiger charge is -2.35. The van der Waals surface area contributed by atoms with Crippen LogP contribution < -0.4 is 10.6 Å². The van der Waals surface area contributed by atoms with E-state index in [9.17, 15) is 9.59 Å². The zero-order valence-corrected chi connectivity index (χ0v) is 15.9. The topological polar surface area (TPSA) is 70.7 Å². The lowest BCUT2D eigenvalue weighted by Crippen LogP contribution is -2.50. The van der Waals surface area contributed by atoms with E-state index in [1.54, 1.807) is 12.1 Å². The number of anilines is 1. The molecule has 3 atom stereocenters. The monoisotopic (exact) mass is 395 g/mol. The van der Waals surface area contributed by atoms with Crippen molar-refractivity contribution < 1.29 is 14.3 Å². The van der Waals surface area contributed by atoms with Crippen LogP contribution >= 0.6 is 23.4 Å². The van der Waals surface area contributed by atoms with Gasteiger partial charge in [-0.3, -0.25) is 14.5 Å². The molecule has 3 aliphatic heterocycles. The maximum Gasteiger partial charge on any atom is 0.238 e. The number of ether oxygens (including phenoxy) is 1. The molecule has 8 heteroatoms. The second-order valence-corrected chi connectivity index (χ2v) is 8.67. The highest BCUT2D eigenvalue weighted by molar-refractivity contribution is 8.01. The molecule has 1 aromatic rings. The van der Waals surface area contributed by atoms with Gasteiger partial charge in [-0.1, -0.05) is 11.6 Å². The van der Waals surface area contributed by atoms with Gasteiger partial charge in [-0.25, -0.2) is 0 Å². The highest BCUT2D eigenvalue weighted by Crippen LogP contribution is 2.38. The number of halogens is 1. The van der Waals surface area contributed by atoms with E-state index in [0.29, 0.717) is 23.3 Å². The van der Waals surface area contributed by atoms with Gasteiger partial charge in [-0.2, -0.15) is 0 Å². The van der Waals surface area contributed by atoms with Crippen molar-refractivity contribution in [2.75, 3.05) is 31.6 Å². The van der Waals surface area contributed by atoms with Crippen LogP contribution in [0.3, 0.4) is 0 Å². The van der Waals surface area contributed by atoms with Crippen LogP contribution in [-0.2, 0) is 14.3 Å². The van der Waals surface area contributed by atoms with Gasteiger partial charge < -0.3 is 15.4 Å². The van der Waals surface area contributed by atoms with Gasteiger partial charge >= 0.3 is 0 Å². The van der Waals surface area contributed by atoms with Crippen molar-refractivity contribution in [1.82, 2.24) is 10.2 Å². The van der Waals surface area contributed by atoms with Crippen LogP contribution in [0, 0.1) is 0 Å². The predicted octanol–water partition coefficient (Wildman–Crippen LogP) is 2.12. The Kier molecular flexibility index (Phi) is 5.40. The van der Waals surface area contributed by atoms with Crippen LogP contribution in [0.25, 0.3) is 0 Å². The van der Waals surface area contributed by atoms with Gasteiger partial charge in [0, 0.05) is 35.5 Å². The Morgan fingerprint density at radius 3 is 3.23 bits per heavy atom. The first-order chi connectivity index (χ1) is 12.6. The van der Waals surface area contributed by atoms with Crippen LogP contribution in [0.2, 0.25) is 5.02 Å². The molecular formula is C18H22ClN3O3S. The number of nitrogens with zero attached hydrogens (tertiary/aromatic N) is 1. The summed E-state index contributed by atoms with van der Waals surface area (Å²) in [6.07, 6.45) is 2.62. The summed E-state index contributed by atoms with van der Waals surface area (Å²) in [7, 11) is 0. The Morgan fingerprint density at radius 1 is 1.46 bits per heavy atom. The maximum absolute atomic E-state index is 12.3. The number of nitrogens with one attached hydrogen (secondary N) is 2. The summed E-state index contributed by atoms with van der Waals surface area (Å²) in [5.41, 5.74) is 0.708. The Balaban J connectivity index is 1.27. The van der Waals surface area contributed by atoms with Crippen LogP contribution in [0.15, 0.2) is 23.1 Å². The zero-order chi connectivity index (χ0) is 18.1. The molecule has 2 fully saturated rings. The van der Waals surface area contributed by atoms with E-state index in [1.807, 2.05) is 6.07 Å². The molecule has 3 aliphatic rings. The third kappa shape index (κ3) is 4.01. The molecule has 0 spiro atoms. The van der Waals surface area contributed by atoms with Crippen LogP contribution in [0.1, 0.15) is 19.3 Å². The van der Waals surface area contributed by atoms with Crippen molar-refractivity contribution in [3.8, 4) is 0 Å². The molecule has 4 rings (SSSR count). The number of carbonyl (C=O) groups is 2. The summed E-state index contributed by atoms with van der Waals surface area (Å²) in [4.78, 5) is 27.9. The van der Waals surface area contributed by atoms with E-state index >= 15 is 0 Å². The zero-order valence-electron chi connectivity index (χ0n) is 14.4. The third-order valence-electron chi connectivity index (χ3n) is 5.12. The molecule has 2 N–H and O–H groups in total. The second kappa shape index (κ2) is 7.76. The first-order valence-corrected chi connectivity index (χ1v) is 10.2. The second-order valence-electron chi connectivity index (χ2n) is 6.99. The number of carbonyl (C=O) groups excluding carboxylic acids is 2. The number of thioether (sulfide) groups is 1. The smallest absolute Gasteiger partial charge is 0.238 e. The van der Waals surface area contributed by atoms with E-state index in [4.69, 9.17) is 16.3 Å². The van der Waals surface area contributed by atoms with E-state index < -0.39 is 5.25 Å². The fourth-order valence-corrected chi connectivity index (χ4v) is 5.00. The molecule has 0 radical (unpaired) electrons. The molecule has 0 bridgehead atoms. The van der Waals surface area contributed by atoms with Gasteiger partial charge in [0.05, 0.1) is 23.6 Å². The Morgan fingerprint density at radius 2 is 2.35 bits per heavy atom. The Hall–Kier alpha value is -1.28. The summed E-state index contributed by atoms with van der Waals surface area (Å²) >= 11 is 7.36. The molecular weight excluding hydrogens is 374 g/mol. The molecule has 0 aliphatic carbocycles. The third-order valence-corrected chi connectivity index (χ3v) is 6.63. The minimum atomic E-state index is -0.432. The quantitative estimate of drug-likeness (QED) is 0.817. The number of hydrogen-bond donors (Lipinski definition) is 2. The van der Waals surface area contributed by atoms with Crippen molar-refractivity contribution in [3.05, 3.63) is 23.2 Å². The van der Waals surface area contributed by atoms with E-state index in [-0.39, 0.29) is 24.3 Å². The fourth-order valence-electron chi connectivity index (χ4n) is 3.73. The molecule has 1 aromatic carbocycles. The van der Waals surface area contributed by atoms with Gasteiger partial charge in [0.2, 0.25) is 11.8 Å². The van der Waals surface area contributed by atoms with Crippen LogP contribution in [0.4, 0.5) is 5.69 Å². The first-order valence-electron chi connectivity index (χ1n) is 8.98. The number of amides is 2. The molecule has 0 saturated carbocycles. The van der Waals surface area contributed by atoms with Crippen molar-refractivity contribution in [2.24, 2.45) is 0 Å². The summed E-state index contributed by atoms with van der Waals surface area (Å²) in [5, 5.41) is 5.91. The van der Waals surface area contributed by atoms with E-state index in [2.05, 4.69) is 15.5 Å². The number of fused-ring (bicyclic) bond motifs is 2. The van der Waals surface area contributed by atoms with Crippen molar-refractivity contribution in [3.63, 3.8) is 0 Å². The van der Waals surface area contributed by atoms with Gasteiger partial charge in [0.25, 0.3) is 0 Å². The van der Waals surface area contributed by atoms with Crippen molar-refractivity contribution in [2.45, 2.75) is 41.6 Å². The molecule has 140 valence electrons. The largest absolute Gasteiger partial charge is 0.373 e. The standard InChI is InChI=1S/C18H22ClN3O3S/c19-11-3-4-15-14(6-11)21-18(24)16(26-15)7-17(23)20-8-13-9-22-5-1-2-12(22)10-25-13/h3-4,6,12-13,16H,1-2,5,7-10H2,(H,20,23)(H,21,24)/t12-,13+,16+/m1/s1. The molecule has 3 heterocycles. The highest BCUT2D eigenvalue weighted by Gasteiger charge is 2.33. The number of rotatable bonds is 4. The summed E-state index contributed by atoms with van der Waals surface area (Å²) in [5.74, 6) is -0.282. The lowest BCUT2D eigenvalue weighted by atomic mass is 10.2. The minimum Gasteiger partial charge on any atom is -0.373 e. The fraction of sp³-hybridized carbons (Fsp3) is 0.556. The Labute approximate surface area is 162 Å². The molecule has 0 unspecified atom stereocenters. The molecule has 26 heavy (non-hydrogen) atoms. The predicted molar refractivity (Wildman–Crippen MR) is 102 cm³/mol. The van der Waals surface area contributed by atoms with Crippen molar-refractivity contribution in [1.29, 1.82) is 0 Å². The van der Waals surface area contributed by atoms with Gasteiger partial charge in [0.1, 0.15) is 0 Å². The van der Waals surface area contributed by atoms with Crippen LogP contribution in [0.5, 0.6) is 0 Å². The molecule has 6 nitrogen and oxygen atoms in total. The number of hydrogen-bond acceptors (Lipinski definition) is 5. The Bertz CT molecular complexity index is 717. The van der Waals surface area contributed by atoms with E-state index in [0.717, 1.165) is 24.6 Å². The summed E-state index contributed by atoms with van der Waals surface area (Å²) in [6, 6.07) is 5.94. The summed E-state index contributed by atoms with van der Waals surface area (Å²) in [6.45, 7) is 3.24. The molecule has 2 amide bonds. The first kappa shape index (κ1) is 18.1. The average molecular weight is 396 g/mol. The lowest BCUT2D eigenvalue weighted by molar-refractivity contribution is -0.125. The number of morpholine rings is 1. The van der Waals surface area contributed by atoms with Gasteiger partial charge in [-0.15, -0.1) is 11.8 Å². The van der Waals surface area contributed by atoms with Crippen molar-refractivity contribution >= 4 is 40.9 Å². The number of benzene rings is 1. The average Bonchev–Trinajstić information content (AvgIpc) is 3.08. The van der Waals surface area contributed by atoms with Gasteiger partial charge in [0.15, 0.2) is 0 Å². The molecule has 0 aromatic heterocycles. The SMILES string of the molecule is O=C(C[C@@H]1Sc2ccc(Cl)cc2NC1=O)NC[C@H]1CN2CCC[C@@H]2CO1. The van der Waals surface area contributed by atoms with Crippen LogP contribution in [-0.4, -0.2) is 60.4 Å².